The Morgan fingerprint density at radius 2 is 0.344 bits per heavy atom. The molecule has 6 rings (SSSR count). The molecule has 1 aliphatic carbocycles. The molecule has 5 aromatic carbocycles. The molecule has 0 radical (unpaired) electrons. The van der Waals surface area contributed by atoms with Gasteiger partial charge in [0.15, 0.2) is 116 Å². The van der Waals surface area contributed by atoms with Crippen molar-refractivity contribution in [2.45, 2.75) is 5.60 Å². The second-order valence-corrected chi connectivity index (χ2v) is 11.9. The van der Waals surface area contributed by atoms with Gasteiger partial charge >= 0.3 is 0 Å². The van der Waals surface area contributed by atoms with Crippen molar-refractivity contribution in [2.75, 3.05) is 0 Å². The van der Waals surface area contributed by atoms with E-state index in [2.05, 4.69) is 0 Å². The first-order valence-corrected chi connectivity index (χ1v) is 14.9. The summed E-state index contributed by atoms with van der Waals surface area (Å²) < 4.78 is 379. The minimum absolute atomic E-state index is 3.40. The molecule has 0 unspecified atom stereocenters. The van der Waals surface area contributed by atoms with Gasteiger partial charge in [-0.15, -0.1) is 0 Å². The fourth-order valence-electron chi connectivity index (χ4n) is 6.32. The maximum Gasteiger partial charge on any atom is 0.200 e. The van der Waals surface area contributed by atoms with Gasteiger partial charge in [-0.25, -0.2) is 110 Å². The first-order valence-electron chi connectivity index (χ1n) is 14.9. The molecule has 0 fully saturated rings. The highest BCUT2D eigenvalue weighted by Crippen LogP contribution is 2.64. The summed E-state index contributed by atoms with van der Waals surface area (Å²) in [6, 6.07) is 0. The fraction of sp³-hybridized carbons (Fsp3) is 0.0286. The van der Waals surface area contributed by atoms with Crippen LogP contribution in [0.15, 0.2) is 0 Å². The zero-order valence-corrected chi connectivity index (χ0v) is 27.4. The molecule has 1 nitrogen and oxygen atoms in total. The van der Waals surface area contributed by atoms with Crippen molar-refractivity contribution in [1.29, 1.82) is 0 Å². The van der Waals surface area contributed by atoms with E-state index in [1.165, 1.54) is 0 Å². The van der Waals surface area contributed by atoms with E-state index in [0.717, 1.165) is 0 Å². The van der Waals surface area contributed by atoms with Crippen molar-refractivity contribution in [2.24, 2.45) is 0 Å². The van der Waals surface area contributed by atoms with Crippen LogP contribution in [0.5, 0.6) is 0 Å². The smallest absolute Gasteiger partial charge is 0.200 e. The zero-order valence-electron chi connectivity index (χ0n) is 27.4. The highest BCUT2D eigenvalue weighted by molar-refractivity contribution is 6.31. The van der Waals surface area contributed by atoms with Crippen LogP contribution in [-0.4, -0.2) is 5.11 Å². The van der Waals surface area contributed by atoms with E-state index in [9.17, 15) is 71.0 Å². The van der Waals surface area contributed by atoms with Gasteiger partial charge < -0.3 is 5.11 Å². The minimum Gasteiger partial charge on any atom is -0.376 e. The van der Waals surface area contributed by atoms with Gasteiger partial charge in [-0.1, -0.05) is 0 Å². The average Bonchev–Trinajstić information content (AvgIpc) is 3.46. The number of aliphatic hydroxyl groups is 1. The Balaban J connectivity index is 2.22. The van der Waals surface area contributed by atoms with E-state index < -0.39 is 201 Å². The first-order chi connectivity index (χ1) is 28.1. The van der Waals surface area contributed by atoms with Crippen molar-refractivity contribution in [3.63, 3.8) is 0 Å². The van der Waals surface area contributed by atoms with E-state index in [4.69, 9.17) is 0 Å². The van der Waals surface area contributed by atoms with Crippen molar-refractivity contribution >= 4 is 22.3 Å². The largest absolute Gasteiger partial charge is 0.376 e. The molecule has 0 bridgehead atoms. The van der Waals surface area contributed by atoms with Gasteiger partial charge in [0, 0.05) is 22.3 Å². The standard InChI is InChI=1S/C35HF25O/c36-10-3(11(37)21(47)30(56)20(10)46)1-2(4-12(38)22(48)31(57)23(49)13(4)39)8(6-16(42)26(52)33(59)27(53)17(6)43)35(61,9-18(44)28(54)34(60)29(55)19(9)45)7(1)5-14(40)24(50)32(58)25(51)15(5)41/h61H. The van der Waals surface area contributed by atoms with Crippen LogP contribution in [0.25, 0.3) is 22.3 Å². The summed E-state index contributed by atoms with van der Waals surface area (Å²) >= 11 is 0. The molecule has 1 aliphatic rings. The summed E-state index contributed by atoms with van der Waals surface area (Å²) in [5.41, 5.74) is -37.7. The molecule has 0 aromatic heterocycles. The fourth-order valence-corrected chi connectivity index (χ4v) is 6.32. The molecule has 26 heteroatoms. The highest BCUT2D eigenvalue weighted by atomic mass is 19.2. The molecule has 0 saturated heterocycles. The van der Waals surface area contributed by atoms with Crippen LogP contribution in [0.4, 0.5) is 110 Å². The Bertz CT molecular complexity index is 2630. The van der Waals surface area contributed by atoms with Gasteiger partial charge in [-0.05, 0) is 0 Å². The molecule has 0 aliphatic heterocycles. The van der Waals surface area contributed by atoms with E-state index in [0.29, 0.717) is 0 Å². The predicted octanol–water partition coefficient (Wildman–Crippen LogP) is 11.6. The summed E-state index contributed by atoms with van der Waals surface area (Å²) in [6.45, 7) is 0. The monoisotopic (exact) mass is 912 g/mol. The van der Waals surface area contributed by atoms with E-state index in [-0.39, 0.29) is 0 Å². The zero-order chi connectivity index (χ0) is 46.1. The maximum atomic E-state index is 15.9. The lowest BCUT2D eigenvalue weighted by Crippen LogP contribution is -2.34. The third-order valence-corrected chi connectivity index (χ3v) is 8.88. The number of halogens is 25. The Kier molecular flexibility index (Phi) is 10.5. The number of allylic oxidation sites excluding steroid dienone is 2. The Morgan fingerprint density at radius 3 is 0.541 bits per heavy atom. The predicted molar refractivity (Wildman–Crippen MR) is 149 cm³/mol. The summed E-state index contributed by atoms with van der Waals surface area (Å²) in [5, 5.41) is 12.3. The lowest BCUT2D eigenvalue weighted by molar-refractivity contribution is 0.150. The van der Waals surface area contributed by atoms with Gasteiger partial charge in [0.2, 0.25) is 29.1 Å². The van der Waals surface area contributed by atoms with Crippen LogP contribution in [-0.2, 0) is 5.60 Å². The van der Waals surface area contributed by atoms with Crippen molar-refractivity contribution in [3.8, 4) is 0 Å². The Morgan fingerprint density at radius 1 is 0.197 bits per heavy atom. The molecular formula is C35HF25O. The highest BCUT2D eigenvalue weighted by Gasteiger charge is 2.58. The van der Waals surface area contributed by atoms with Gasteiger partial charge in [0.1, 0.15) is 5.60 Å². The lowest BCUT2D eigenvalue weighted by atomic mass is 9.75. The molecule has 0 spiro atoms. The molecule has 0 heterocycles. The number of rotatable bonds is 5. The second kappa shape index (κ2) is 14.5. The van der Waals surface area contributed by atoms with E-state index in [1.54, 1.807) is 0 Å². The van der Waals surface area contributed by atoms with Gasteiger partial charge in [0.05, 0.1) is 27.8 Å². The van der Waals surface area contributed by atoms with Crippen molar-refractivity contribution in [3.05, 3.63) is 173 Å². The number of hydrogen-bond acceptors (Lipinski definition) is 1. The molecule has 0 amide bonds. The third-order valence-electron chi connectivity index (χ3n) is 8.88. The van der Waals surface area contributed by atoms with Crippen LogP contribution in [0.2, 0.25) is 0 Å². The summed E-state index contributed by atoms with van der Waals surface area (Å²) in [4.78, 5) is 0. The second-order valence-electron chi connectivity index (χ2n) is 11.9. The molecule has 0 atom stereocenters. The van der Waals surface area contributed by atoms with Gasteiger partial charge in [-0.2, -0.15) is 0 Å². The lowest BCUT2D eigenvalue weighted by Gasteiger charge is -2.33. The maximum absolute atomic E-state index is 15.9. The third kappa shape index (κ3) is 5.65. The molecule has 5 aromatic rings. The molecule has 322 valence electrons. The first kappa shape index (κ1) is 44.3. The van der Waals surface area contributed by atoms with Crippen LogP contribution < -0.4 is 0 Å². The summed E-state index contributed by atoms with van der Waals surface area (Å²) in [5.74, 6) is -90.0. The molecule has 61 heavy (non-hydrogen) atoms. The van der Waals surface area contributed by atoms with Crippen LogP contribution >= 0.6 is 0 Å². The molecule has 0 saturated carbocycles. The van der Waals surface area contributed by atoms with Crippen LogP contribution in [0.3, 0.4) is 0 Å². The van der Waals surface area contributed by atoms with Crippen LogP contribution in [0, 0.1) is 145 Å². The van der Waals surface area contributed by atoms with Crippen molar-refractivity contribution in [1.82, 2.24) is 0 Å². The van der Waals surface area contributed by atoms with E-state index in [1.807, 2.05) is 0 Å². The molecule has 1 N–H and O–H groups in total. The number of hydrogen-bond donors (Lipinski definition) is 1. The SMILES string of the molecule is OC1(c2c(F)c(F)c(F)c(F)c2F)C(c2c(F)c(F)c(F)c(F)c2F)=C(c2c(F)c(F)c(F)c(F)c2F)C(c2c(F)c(F)c(F)c(F)c2F)=C1c1c(F)c(F)c(F)c(F)c1F. The molecular weight excluding hydrogens is 911 g/mol. The average molecular weight is 912 g/mol. The summed E-state index contributed by atoms with van der Waals surface area (Å²) in [6.07, 6.45) is 0. The Labute approximate surface area is 316 Å². The topological polar surface area (TPSA) is 20.2 Å². The summed E-state index contributed by atoms with van der Waals surface area (Å²) in [7, 11) is 0. The normalized spacial score (nSPS) is 14.1. The Hall–Kier alpha value is -6.21. The van der Waals surface area contributed by atoms with Crippen LogP contribution in [0.1, 0.15) is 27.8 Å². The van der Waals surface area contributed by atoms with Gasteiger partial charge in [0.25, 0.3) is 0 Å². The van der Waals surface area contributed by atoms with Gasteiger partial charge in [-0.3, -0.25) is 0 Å². The minimum atomic E-state index is -6.16. The quantitative estimate of drug-likeness (QED) is 0.106. The van der Waals surface area contributed by atoms with E-state index >= 15 is 43.9 Å². The van der Waals surface area contributed by atoms with Crippen molar-refractivity contribution < 1.29 is 115 Å². The number of benzene rings is 5.